The normalized spacial score (nSPS) is 35.8. The summed E-state index contributed by atoms with van der Waals surface area (Å²) in [5.74, 6) is -3.49. The molecule has 1 aromatic carbocycles. The third-order valence-corrected chi connectivity index (χ3v) is 10.5. The summed E-state index contributed by atoms with van der Waals surface area (Å²) in [5, 5.41) is 13.0. The smallest absolute Gasteiger partial charge is 0.313 e. The number of ether oxygens (including phenoxy) is 2. The van der Waals surface area contributed by atoms with Crippen LogP contribution in [-0.4, -0.2) is 88.1 Å². The van der Waals surface area contributed by atoms with Crippen molar-refractivity contribution in [3.05, 3.63) is 58.6 Å². The van der Waals surface area contributed by atoms with Gasteiger partial charge in [-0.1, -0.05) is 77.7 Å². The summed E-state index contributed by atoms with van der Waals surface area (Å²) in [7, 11) is 0. The second-order valence-electron chi connectivity index (χ2n) is 12.5. The number of carbonyl (C=O) groups is 4. The van der Waals surface area contributed by atoms with Crippen molar-refractivity contribution in [2.75, 3.05) is 19.7 Å². The van der Waals surface area contributed by atoms with Crippen LogP contribution in [-0.2, 0) is 28.7 Å². The molecule has 1 spiro atoms. The van der Waals surface area contributed by atoms with Crippen LogP contribution in [0.3, 0.4) is 0 Å². The van der Waals surface area contributed by atoms with Gasteiger partial charge in [-0.3, -0.25) is 19.2 Å². The first-order chi connectivity index (χ1) is 21.3. The number of halogens is 1. The van der Waals surface area contributed by atoms with Gasteiger partial charge < -0.3 is 29.7 Å². The molecule has 1 saturated carbocycles. The van der Waals surface area contributed by atoms with Crippen LogP contribution in [0.15, 0.2) is 53.0 Å². The van der Waals surface area contributed by atoms with E-state index in [1.54, 1.807) is 13.0 Å². The van der Waals surface area contributed by atoms with Gasteiger partial charge in [0.2, 0.25) is 17.7 Å². The predicted molar refractivity (Wildman–Crippen MR) is 164 cm³/mol. The van der Waals surface area contributed by atoms with E-state index in [9.17, 15) is 24.3 Å². The van der Waals surface area contributed by atoms with E-state index in [4.69, 9.17) is 9.47 Å². The van der Waals surface area contributed by atoms with Gasteiger partial charge in [0.1, 0.15) is 29.8 Å². The Morgan fingerprint density at radius 3 is 2.50 bits per heavy atom. The van der Waals surface area contributed by atoms with Crippen molar-refractivity contribution in [3.8, 4) is 0 Å². The number of benzene rings is 1. The summed E-state index contributed by atoms with van der Waals surface area (Å²) < 4.78 is 13.3. The van der Waals surface area contributed by atoms with Crippen molar-refractivity contribution in [2.45, 2.75) is 87.8 Å². The number of amides is 3. The Morgan fingerprint density at radius 2 is 1.77 bits per heavy atom. The van der Waals surface area contributed by atoms with Gasteiger partial charge >= 0.3 is 5.97 Å². The van der Waals surface area contributed by atoms with E-state index in [2.05, 4.69) is 21.2 Å². The van der Waals surface area contributed by atoms with Crippen molar-refractivity contribution in [1.29, 1.82) is 0 Å². The molecule has 11 heteroatoms. The zero-order chi connectivity index (χ0) is 31.0. The van der Waals surface area contributed by atoms with E-state index >= 15 is 0 Å². The maximum absolute atomic E-state index is 14.7. The molecule has 6 rings (SSSR count). The highest BCUT2D eigenvalue weighted by atomic mass is 79.9. The number of carbonyl (C=O) groups excluding carboxylic acids is 4. The molecule has 0 radical (unpaired) electrons. The third-order valence-electron chi connectivity index (χ3n) is 9.79. The Bertz CT molecular complexity index is 1350. The molecule has 5 bridgehead atoms. The van der Waals surface area contributed by atoms with E-state index in [0.29, 0.717) is 23.0 Å². The lowest BCUT2D eigenvalue weighted by atomic mass is 9.74. The summed E-state index contributed by atoms with van der Waals surface area (Å²) in [6.45, 7) is 1.73. The van der Waals surface area contributed by atoms with Crippen LogP contribution in [0, 0.1) is 11.8 Å². The van der Waals surface area contributed by atoms with E-state index in [1.807, 2.05) is 47.4 Å². The third kappa shape index (κ3) is 5.41. The highest BCUT2D eigenvalue weighted by molar-refractivity contribution is 9.11. The van der Waals surface area contributed by atoms with Crippen LogP contribution in [0.4, 0.5) is 0 Å². The fourth-order valence-electron chi connectivity index (χ4n) is 7.81. The number of allylic oxidation sites excluding steroid dienone is 1. The molecule has 4 aliphatic heterocycles. The minimum atomic E-state index is -1.39. The molecule has 0 unspecified atom stereocenters. The molecular weight excluding hydrogens is 630 g/mol. The van der Waals surface area contributed by atoms with Gasteiger partial charge in [0.25, 0.3) is 0 Å². The summed E-state index contributed by atoms with van der Waals surface area (Å²) >= 11 is 3.58. The maximum atomic E-state index is 14.7. The standard InChI is InChI=1S/C33H40BrN3O7/c1-20-27(21-11-5-2-6-12-21)43-32(42)25-26-30(40)37(17-18-38)29(33(26)19-23(34)28(25)44-33)31(41)36(22-13-7-3-8-14-22)16-10-4-9-15-24(39)35-20/h2,4-6,10-12,19-20,22,25-29,38H,3,7-9,13-18H2,1H3,(H,35,39)/b10-4-/t20-,25+,26-,27+,28+,29+,33-/m1/s1. The SMILES string of the molecule is C[C@H]1NC(=O)CC/C=C\CN(C2CCCCC2)C(=O)[C@@H]2N(CCO)C(=O)[C@H]3[C@H](C(=O)O[C@@H]1c1ccccc1)[C@H]1O[C@@]23C=C1Br. The molecule has 0 aromatic heterocycles. The van der Waals surface area contributed by atoms with Crippen LogP contribution in [0.1, 0.15) is 63.5 Å². The monoisotopic (exact) mass is 669 g/mol. The Labute approximate surface area is 265 Å². The second-order valence-corrected chi connectivity index (χ2v) is 13.4. The molecule has 1 aromatic rings. The number of nitrogens with one attached hydrogen (secondary N) is 1. The molecule has 7 atom stereocenters. The Balaban J connectivity index is 1.43. The van der Waals surface area contributed by atoms with Gasteiger partial charge in [0.15, 0.2) is 0 Å². The van der Waals surface area contributed by atoms with Crippen LogP contribution in [0.25, 0.3) is 0 Å². The van der Waals surface area contributed by atoms with Crippen molar-refractivity contribution in [1.82, 2.24) is 15.1 Å². The van der Waals surface area contributed by atoms with E-state index in [0.717, 1.165) is 32.1 Å². The quantitative estimate of drug-likeness (QED) is 0.373. The lowest BCUT2D eigenvalue weighted by Crippen LogP contribution is -2.58. The van der Waals surface area contributed by atoms with Crippen LogP contribution in [0.5, 0.6) is 0 Å². The highest BCUT2D eigenvalue weighted by Crippen LogP contribution is 2.59. The Morgan fingerprint density at radius 1 is 1.02 bits per heavy atom. The van der Waals surface area contributed by atoms with Gasteiger partial charge in [-0.15, -0.1) is 0 Å². The number of esters is 1. The Hall–Kier alpha value is -3.02. The minimum Gasteiger partial charge on any atom is -0.455 e. The van der Waals surface area contributed by atoms with E-state index in [1.165, 1.54) is 4.90 Å². The van der Waals surface area contributed by atoms with Gasteiger partial charge in [0.05, 0.1) is 18.6 Å². The van der Waals surface area contributed by atoms with E-state index in [-0.39, 0.29) is 37.4 Å². The molecule has 10 nitrogen and oxygen atoms in total. The first-order valence-corrected chi connectivity index (χ1v) is 16.5. The van der Waals surface area contributed by atoms with Crippen LogP contribution >= 0.6 is 15.9 Å². The summed E-state index contributed by atoms with van der Waals surface area (Å²) in [4.78, 5) is 59.2. The van der Waals surface area contributed by atoms with Crippen molar-refractivity contribution >= 4 is 39.6 Å². The largest absolute Gasteiger partial charge is 0.455 e. The van der Waals surface area contributed by atoms with Crippen LogP contribution < -0.4 is 5.32 Å². The van der Waals surface area contributed by atoms with Gasteiger partial charge in [-0.25, -0.2) is 0 Å². The number of aliphatic hydroxyl groups is 1. The molecule has 2 N–H and O–H groups in total. The summed E-state index contributed by atoms with van der Waals surface area (Å²) in [6.07, 6.45) is 9.57. The molecule has 3 fully saturated rings. The number of hydrogen-bond donors (Lipinski definition) is 2. The second kappa shape index (κ2) is 12.8. The van der Waals surface area contributed by atoms with Gasteiger partial charge in [-0.2, -0.15) is 0 Å². The number of cyclic esters (lactones) is 1. The van der Waals surface area contributed by atoms with E-state index < -0.39 is 53.6 Å². The topological polar surface area (TPSA) is 125 Å². The molecule has 1 aliphatic carbocycles. The molecule has 2 saturated heterocycles. The fourth-order valence-corrected chi connectivity index (χ4v) is 8.55. The fraction of sp³-hybridized carbons (Fsp3) is 0.576. The molecule has 5 aliphatic rings. The number of hydrogen-bond acceptors (Lipinski definition) is 7. The zero-order valence-electron chi connectivity index (χ0n) is 24.9. The molecular formula is C33H40BrN3O7. The lowest BCUT2D eigenvalue weighted by Gasteiger charge is -2.40. The zero-order valence-corrected chi connectivity index (χ0v) is 26.5. The number of rotatable bonds is 4. The average Bonchev–Trinajstić information content (AvgIpc) is 3.61. The van der Waals surface area contributed by atoms with Gasteiger partial charge in [0, 0.05) is 30.0 Å². The average molecular weight is 671 g/mol. The molecule has 4 heterocycles. The summed E-state index contributed by atoms with van der Waals surface area (Å²) in [6, 6.07) is 7.59. The first kappa shape index (κ1) is 31.0. The number of fused-ring (bicyclic) bond motifs is 2. The van der Waals surface area contributed by atoms with Crippen molar-refractivity contribution < 1.29 is 33.8 Å². The van der Waals surface area contributed by atoms with Crippen molar-refractivity contribution in [2.24, 2.45) is 11.8 Å². The van der Waals surface area contributed by atoms with Crippen molar-refractivity contribution in [3.63, 3.8) is 0 Å². The first-order valence-electron chi connectivity index (χ1n) is 15.7. The maximum Gasteiger partial charge on any atom is 0.313 e. The predicted octanol–water partition coefficient (Wildman–Crippen LogP) is 3.15. The summed E-state index contributed by atoms with van der Waals surface area (Å²) in [5.41, 5.74) is -0.681. The molecule has 44 heavy (non-hydrogen) atoms. The molecule has 236 valence electrons. The number of likely N-dealkylation sites (tertiary alicyclic amines) is 1. The number of nitrogens with zero attached hydrogens (tertiary/aromatic N) is 2. The van der Waals surface area contributed by atoms with Gasteiger partial charge in [-0.05, 0) is 37.8 Å². The minimum absolute atomic E-state index is 0.00734. The Kier molecular flexibility index (Phi) is 8.99. The number of β-amino-alcohol motifs (C(OH)–C–C–N with tert-alkyl or cyclic N) is 1. The van der Waals surface area contributed by atoms with Crippen LogP contribution in [0.2, 0.25) is 0 Å². The lowest BCUT2D eigenvalue weighted by molar-refractivity contribution is -0.161. The molecule has 3 amide bonds. The highest BCUT2D eigenvalue weighted by Gasteiger charge is 2.75. The number of aliphatic hydroxyl groups excluding tert-OH is 1.